The highest BCUT2D eigenvalue weighted by atomic mass is 16.6. The Labute approximate surface area is 189 Å². The molecule has 3 heterocycles. The fraction of sp³-hybridized carbons (Fsp3) is 0.667. The van der Waals surface area contributed by atoms with Gasteiger partial charge < -0.3 is 14.5 Å². The summed E-state index contributed by atoms with van der Waals surface area (Å²) in [6.07, 6.45) is 1.94. The molecule has 1 saturated carbocycles. The maximum Gasteiger partial charge on any atom is 0.409 e. The van der Waals surface area contributed by atoms with Crippen molar-refractivity contribution in [1.29, 1.82) is 0 Å². The van der Waals surface area contributed by atoms with E-state index in [1.54, 1.807) is 4.90 Å². The lowest BCUT2D eigenvalue weighted by molar-refractivity contribution is 0.0536. The number of aromatic nitrogens is 3. The number of nitrogens with zero attached hydrogens (tertiary/aromatic N) is 5. The van der Waals surface area contributed by atoms with Gasteiger partial charge in [0.15, 0.2) is 5.65 Å². The van der Waals surface area contributed by atoms with Gasteiger partial charge in [0.1, 0.15) is 0 Å². The molecule has 0 unspecified atom stereocenters. The third kappa shape index (κ3) is 4.45. The summed E-state index contributed by atoms with van der Waals surface area (Å²) < 4.78 is 7.29. The molecule has 8 nitrogen and oxygen atoms in total. The molecule has 0 spiro atoms. The van der Waals surface area contributed by atoms with Gasteiger partial charge in [-0.1, -0.05) is 13.8 Å². The van der Waals surface area contributed by atoms with Gasteiger partial charge >= 0.3 is 6.09 Å². The third-order valence-electron chi connectivity index (χ3n) is 6.06. The van der Waals surface area contributed by atoms with Crippen molar-refractivity contribution in [3.05, 3.63) is 23.0 Å². The fourth-order valence-corrected chi connectivity index (χ4v) is 4.12. The Bertz CT molecular complexity index is 1020. The molecule has 0 atom stereocenters. The topological polar surface area (TPSA) is 80.6 Å². The van der Waals surface area contributed by atoms with E-state index in [1.165, 1.54) is 0 Å². The first-order valence-corrected chi connectivity index (χ1v) is 11.7. The highest BCUT2D eigenvalue weighted by Crippen LogP contribution is 2.41. The number of amides is 2. The van der Waals surface area contributed by atoms with Crippen molar-refractivity contribution >= 4 is 23.0 Å². The van der Waals surface area contributed by atoms with Gasteiger partial charge in [0.2, 0.25) is 0 Å². The van der Waals surface area contributed by atoms with Crippen molar-refractivity contribution in [1.82, 2.24) is 24.6 Å². The van der Waals surface area contributed by atoms with Gasteiger partial charge in [-0.05, 0) is 52.5 Å². The van der Waals surface area contributed by atoms with E-state index >= 15 is 0 Å². The van der Waals surface area contributed by atoms with Crippen LogP contribution in [0.25, 0.3) is 11.0 Å². The number of carbonyl (C=O) groups excluding carboxylic acids is 2. The van der Waals surface area contributed by atoms with Crippen LogP contribution in [0.4, 0.5) is 4.79 Å². The zero-order valence-corrected chi connectivity index (χ0v) is 20.1. The zero-order valence-electron chi connectivity index (χ0n) is 20.1. The van der Waals surface area contributed by atoms with Gasteiger partial charge in [-0.3, -0.25) is 4.79 Å². The Hall–Kier alpha value is -2.64. The molecule has 2 amide bonds. The van der Waals surface area contributed by atoms with Crippen LogP contribution in [-0.4, -0.2) is 69.4 Å². The number of pyridine rings is 1. The summed E-state index contributed by atoms with van der Waals surface area (Å²) in [6.45, 7) is 14.6. The lowest BCUT2D eigenvalue weighted by atomic mass is 10.1. The van der Waals surface area contributed by atoms with Crippen molar-refractivity contribution in [3.8, 4) is 0 Å². The molecule has 0 aromatic carbocycles. The third-order valence-corrected chi connectivity index (χ3v) is 6.06. The molecule has 0 bridgehead atoms. The Morgan fingerprint density at radius 3 is 2.31 bits per heavy atom. The summed E-state index contributed by atoms with van der Waals surface area (Å²) in [5, 5.41) is 5.59. The van der Waals surface area contributed by atoms with Gasteiger partial charge in [-0.2, -0.15) is 5.10 Å². The van der Waals surface area contributed by atoms with Crippen molar-refractivity contribution in [2.75, 3.05) is 32.8 Å². The normalized spacial score (nSPS) is 17.3. The second-order valence-corrected chi connectivity index (χ2v) is 10.5. The second-order valence-electron chi connectivity index (χ2n) is 10.5. The van der Waals surface area contributed by atoms with Crippen LogP contribution in [-0.2, 0) is 10.3 Å². The van der Waals surface area contributed by atoms with E-state index < -0.39 is 0 Å². The van der Waals surface area contributed by atoms with Crippen LogP contribution >= 0.6 is 0 Å². The van der Waals surface area contributed by atoms with Crippen molar-refractivity contribution in [2.45, 2.75) is 65.8 Å². The van der Waals surface area contributed by atoms with Gasteiger partial charge in [-0.15, -0.1) is 0 Å². The lowest BCUT2D eigenvalue weighted by Crippen LogP contribution is -2.50. The predicted octanol–water partition coefficient (Wildman–Crippen LogP) is 3.92. The first kappa shape index (κ1) is 22.6. The van der Waals surface area contributed by atoms with E-state index in [1.807, 2.05) is 36.4 Å². The molecule has 0 N–H and O–H groups in total. The first-order valence-electron chi connectivity index (χ1n) is 11.7. The van der Waals surface area contributed by atoms with Gasteiger partial charge in [-0.25, -0.2) is 14.5 Å². The number of hydrogen-bond donors (Lipinski definition) is 0. The smallest absolute Gasteiger partial charge is 0.409 e. The standard InChI is InChI=1S/C24H35N5O3/c1-15(2)14-32-23(31)28-11-9-27(10-12-28)22(30)18-13-19(17-7-8-17)25-21-20(18)16(3)26-29(21)24(4,5)6/h13,15,17H,7-12,14H2,1-6H3. The maximum atomic E-state index is 13.6. The van der Waals surface area contributed by atoms with E-state index in [-0.39, 0.29) is 17.5 Å². The summed E-state index contributed by atoms with van der Waals surface area (Å²) >= 11 is 0. The molecule has 174 valence electrons. The van der Waals surface area contributed by atoms with E-state index in [0.29, 0.717) is 50.2 Å². The Morgan fingerprint density at radius 1 is 1.12 bits per heavy atom. The quantitative estimate of drug-likeness (QED) is 0.718. The number of piperazine rings is 1. The molecule has 4 rings (SSSR count). The van der Waals surface area contributed by atoms with Crippen molar-refractivity contribution in [3.63, 3.8) is 0 Å². The van der Waals surface area contributed by atoms with Crippen LogP contribution in [0, 0.1) is 12.8 Å². The zero-order chi connectivity index (χ0) is 23.2. The average molecular weight is 442 g/mol. The average Bonchev–Trinajstić information content (AvgIpc) is 3.53. The number of rotatable bonds is 4. The SMILES string of the molecule is Cc1nn(C(C)(C)C)c2nc(C3CC3)cc(C(=O)N3CCN(C(=O)OCC(C)C)CC3)c12. The van der Waals surface area contributed by atoms with Crippen LogP contribution in [0.1, 0.15) is 75.1 Å². The van der Waals surface area contributed by atoms with Crippen LogP contribution in [0.2, 0.25) is 0 Å². The minimum absolute atomic E-state index is 0.00828. The summed E-state index contributed by atoms with van der Waals surface area (Å²) in [6, 6.07) is 1.98. The molecule has 1 aliphatic heterocycles. The predicted molar refractivity (Wildman–Crippen MR) is 123 cm³/mol. The Kier molecular flexibility index (Phi) is 5.90. The number of fused-ring (bicyclic) bond motifs is 1. The highest BCUT2D eigenvalue weighted by Gasteiger charge is 2.33. The minimum atomic E-state index is -0.296. The minimum Gasteiger partial charge on any atom is -0.449 e. The van der Waals surface area contributed by atoms with E-state index in [2.05, 4.69) is 20.8 Å². The lowest BCUT2D eigenvalue weighted by Gasteiger charge is -2.34. The summed E-state index contributed by atoms with van der Waals surface area (Å²) in [4.78, 5) is 34.4. The Morgan fingerprint density at radius 2 is 1.75 bits per heavy atom. The second kappa shape index (κ2) is 8.37. The summed E-state index contributed by atoms with van der Waals surface area (Å²) in [5.74, 6) is 0.724. The molecule has 2 fully saturated rings. The summed E-state index contributed by atoms with van der Waals surface area (Å²) in [5.41, 5.74) is 3.05. The van der Waals surface area contributed by atoms with Gasteiger partial charge in [0, 0.05) is 37.8 Å². The number of ether oxygens (including phenoxy) is 1. The monoisotopic (exact) mass is 441 g/mol. The van der Waals surface area contributed by atoms with E-state index in [4.69, 9.17) is 14.8 Å². The first-order chi connectivity index (χ1) is 15.1. The number of carbonyl (C=O) groups is 2. The maximum absolute atomic E-state index is 13.6. The molecular formula is C24H35N5O3. The molecular weight excluding hydrogens is 406 g/mol. The van der Waals surface area contributed by atoms with Crippen LogP contribution in [0.3, 0.4) is 0 Å². The van der Waals surface area contributed by atoms with Crippen molar-refractivity contribution in [2.24, 2.45) is 5.92 Å². The molecule has 1 saturated heterocycles. The van der Waals surface area contributed by atoms with E-state index in [0.717, 1.165) is 35.3 Å². The van der Waals surface area contributed by atoms with Gasteiger partial charge in [0.25, 0.3) is 5.91 Å². The van der Waals surface area contributed by atoms with Crippen LogP contribution in [0.5, 0.6) is 0 Å². The largest absolute Gasteiger partial charge is 0.449 e. The number of hydrogen-bond acceptors (Lipinski definition) is 5. The molecule has 1 aliphatic carbocycles. The number of aryl methyl sites for hydroxylation is 1. The molecule has 2 aliphatic rings. The molecule has 32 heavy (non-hydrogen) atoms. The van der Waals surface area contributed by atoms with Crippen molar-refractivity contribution < 1.29 is 14.3 Å². The molecule has 2 aromatic heterocycles. The summed E-state index contributed by atoms with van der Waals surface area (Å²) in [7, 11) is 0. The molecule has 0 radical (unpaired) electrons. The van der Waals surface area contributed by atoms with Gasteiger partial charge in [0.05, 0.1) is 28.8 Å². The van der Waals surface area contributed by atoms with Crippen LogP contribution in [0.15, 0.2) is 6.07 Å². The van der Waals surface area contributed by atoms with Crippen LogP contribution < -0.4 is 0 Å². The highest BCUT2D eigenvalue weighted by molar-refractivity contribution is 6.06. The van der Waals surface area contributed by atoms with E-state index in [9.17, 15) is 9.59 Å². The Balaban J connectivity index is 1.59. The molecule has 8 heteroatoms. The fourth-order valence-electron chi connectivity index (χ4n) is 4.12. The molecule has 2 aromatic rings.